The Morgan fingerprint density at radius 1 is 1.27 bits per heavy atom. The number of carbonyl (C=O) groups is 1. The summed E-state index contributed by atoms with van der Waals surface area (Å²) in [6, 6.07) is 5.78. The highest BCUT2D eigenvalue weighted by Gasteiger charge is 2.36. The summed E-state index contributed by atoms with van der Waals surface area (Å²) in [6.07, 6.45) is 5.43. The van der Waals surface area contributed by atoms with Gasteiger partial charge in [-0.25, -0.2) is 4.79 Å². The summed E-state index contributed by atoms with van der Waals surface area (Å²) >= 11 is 0. The highest BCUT2D eigenvalue weighted by atomic mass is 16.7. The molecule has 4 rings (SSSR count). The summed E-state index contributed by atoms with van der Waals surface area (Å²) in [7, 11) is 1.65. The lowest BCUT2D eigenvalue weighted by atomic mass is 9.95. The molecule has 0 spiro atoms. The molecule has 8 heteroatoms. The Bertz CT molecular complexity index is 787. The summed E-state index contributed by atoms with van der Waals surface area (Å²) in [5, 5.41) is 7.29. The van der Waals surface area contributed by atoms with E-state index >= 15 is 0 Å². The lowest BCUT2D eigenvalue weighted by Gasteiger charge is -2.29. The van der Waals surface area contributed by atoms with Crippen LogP contribution in [0.2, 0.25) is 0 Å². The first kappa shape index (κ1) is 20.8. The Morgan fingerprint density at radius 3 is 2.77 bits per heavy atom. The van der Waals surface area contributed by atoms with Gasteiger partial charge >= 0.3 is 6.03 Å². The fourth-order valence-electron chi connectivity index (χ4n) is 4.11. The van der Waals surface area contributed by atoms with E-state index in [1.807, 2.05) is 25.1 Å². The zero-order chi connectivity index (χ0) is 21.0. The number of nitrogens with zero attached hydrogens (tertiary/aromatic N) is 2. The molecule has 2 aliphatic heterocycles. The molecule has 2 amide bonds. The van der Waals surface area contributed by atoms with E-state index in [9.17, 15) is 4.79 Å². The average molecular weight is 418 g/mol. The van der Waals surface area contributed by atoms with Crippen LogP contribution >= 0.6 is 0 Å². The molecule has 0 aromatic heterocycles. The van der Waals surface area contributed by atoms with E-state index < -0.39 is 5.60 Å². The van der Waals surface area contributed by atoms with Gasteiger partial charge in [-0.1, -0.05) is 5.16 Å². The third kappa shape index (κ3) is 4.80. The van der Waals surface area contributed by atoms with Crippen LogP contribution < -0.4 is 14.8 Å². The highest BCUT2D eigenvalue weighted by Crippen LogP contribution is 2.34. The van der Waals surface area contributed by atoms with Crippen molar-refractivity contribution in [1.29, 1.82) is 0 Å². The smallest absolute Gasteiger partial charge is 0.317 e. The highest BCUT2D eigenvalue weighted by molar-refractivity contribution is 6.02. The van der Waals surface area contributed by atoms with Crippen molar-refractivity contribution in [2.75, 3.05) is 40.0 Å². The van der Waals surface area contributed by atoms with Crippen LogP contribution in [0.4, 0.5) is 4.79 Å². The van der Waals surface area contributed by atoms with Crippen LogP contribution in [0.25, 0.3) is 0 Å². The molecule has 30 heavy (non-hydrogen) atoms. The van der Waals surface area contributed by atoms with Gasteiger partial charge in [0.15, 0.2) is 17.1 Å². The Kier molecular flexibility index (Phi) is 6.32. The zero-order valence-corrected chi connectivity index (χ0v) is 17.8. The topological polar surface area (TPSA) is 81.6 Å². The van der Waals surface area contributed by atoms with Gasteiger partial charge < -0.3 is 29.3 Å². The number of amides is 2. The van der Waals surface area contributed by atoms with Crippen LogP contribution in [-0.4, -0.2) is 68.3 Å². The van der Waals surface area contributed by atoms with Gasteiger partial charge in [0, 0.05) is 25.1 Å². The minimum absolute atomic E-state index is 0.0896. The monoisotopic (exact) mass is 417 g/mol. The molecular weight excluding hydrogens is 386 g/mol. The fourth-order valence-corrected chi connectivity index (χ4v) is 4.11. The van der Waals surface area contributed by atoms with E-state index in [2.05, 4.69) is 10.5 Å². The number of methoxy groups -OCH3 is 1. The first-order valence-electron chi connectivity index (χ1n) is 10.8. The normalized spacial score (nSPS) is 24.3. The summed E-state index contributed by atoms with van der Waals surface area (Å²) in [5.41, 5.74) is 1.22. The number of morpholine rings is 1. The van der Waals surface area contributed by atoms with E-state index in [1.54, 1.807) is 12.0 Å². The second-order valence-corrected chi connectivity index (χ2v) is 8.40. The van der Waals surface area contributed by atoms with Gasteiger partial charge in [-0.3, -0.25) is 0 Å². The fraction of sp³-hybridized carbons (Fsp3) is 0.636. The zero-order valence-electron chi connectivity index (χ0n) is 17.8. The van der Waals surface area contributed by atoms with Crippen LogP contribution in [0.3, 0.4) is 0 Å². The number of urea groups is 1. The van der Waals surface area contributed by atoms with Crippen LogP contribution in [0.15, 0.2) is 23.4 Å². The van der Waals surface area contributed by atoms with Crippen LogP contribution in [0.1, 0.15) is 44.6 Å². The summed E-state index contributed by atoms with van der Waals surface area (Å²) < 4.78 is 17.0. The standard InChI is InChI=1S/C22H31N3O5/c1-22(15-23-21(26)25-9-11-28-12-10-25)14-18(24-30-22)16-7-8-19(27-2)20(13-16)29-17-5-3-4-6-17/h7-8,13,17H,3-6,9-12,14-15H2,1-2H3,(H,23,26). The molecule has 1 atom stereocenters. The van der Waals surface area contributed by atoms with Gasteiger partial charge in [0.05, 0.1) is 38.7 Å². The molecule has 1 aromatic carbocycles. The molecule has 2 fully saturated rings. The third-order valence-electron chi connectivity index (χ3n) is 5.92. The number of carbonyl (C=O) groups excluding carboxylic acids is 1. The van der Waals surface area contributed by atoms with Crippen molar-refractivity contribution in [3.05, 3.63) is 23.8 Å². The van der Waals surface area contributed by atoms with Crippen LogP contribution in [0, 0.1) is 0 Å². The van der Waals surface area contributed by atoms with Crippen LogP contribution in [-0.2, 0) is 9.57 Å². The second-order valence-electron chi connectivity index (χ2n) is 8.40. The number of hydrogen-bond donors (Lipinski definition) is 1. The van der Waals surface area contributed by atoms with Gasteiger partial charge in [0.1, 0.15) is 0 Å². The van der Waals surface area contributed by atoms with Crippen molar-refractivity contribution in [3.8, 4) is 11.5 Å². The summed E-state index contributed by atoms with van der Waals surface area (Å²) in [5.74, 6) is 1.48. The van der Waals surface area contributed by atoms with Gasteiger partial charge in [0.2, 0.25) is 0 Å². The SMILES string of the molecule is COc1ccc(C2=NOC(C)(CNC(=O)N3CCOCC3)C2)cc1OC1CCCC1. The number of ether oxygens (including phenoxy) is 3. The molecule has 0 bridgehead atoms. The molecular formula is C22H31N3O5. The average Bonchev–Trinajstić information content (AvgIpc) is 3.43. The quantitative estimate of drug-likeness (QED) is 0.770. The minimum Gasteiger partial charge on any atom is -0.493 e. The van der Waals surface area contributed by atoms with E-state index in [-0.39, 0.29) is 12.1 Å². The lowest BCUT2D eigenvalue weighted by Crippen LogP contribution is -2.50. The molecule has 1 unspecified atom stereocenters. The Labute approximate surface area is 177 Å². The van der Waals surface area contributed by atoms with Crippen molar-refractivity contribution in [3.63, 3.8) is 0 Å². The van der Waals surface area contributed by atoms with E-state index in [4.69, 9.17) is 19.0 Å². The van der Waals surface area contributed by atoms with E-state index in [0.29, 0.717) is 39.3 Å². The predicted octanol–water partition coefficient (Wildman–Crippen LogP) is 2.94. The van der Waals surface area contributed by atoms with Gasteiger partial charge in [-0.2, -0.15) is 0 Å². The molecule has 1 saturated heterocycles. The van der Waals surface area contributed by atoms with Crippen LogP contribution in [0.5, 0.6) is 11.5 Å². The van der Waals surface area contributed by atoms with Crippen molar-refractivity contribution in [1.82, 2.24) is 10.2 Å². The summed E-state index contributed by atoms with van der Waals surface area (Å²) in [6.45, 7) is 4.73. The van der Waals surface area contributed by atoms with E-state index in [1.165, 1.54) is 12.8 Å². The lowest BCUT2D eigenvalue weighted by molar-refractivity contribution is -0.00257. The number of nitrogens with one attached hydrogen (secondary N) is 1. The van der Waals surface area contributed by atoms with Gasteiger partial charge in [-0.15, -0.1) is 0 Å². The van der Waals surface area contributed by atoms with Crippen molar-refractivity contribution >= 4 is 11.7 Å². The molecule has 3 aliphatic rings. The molecule has 8 nitrogen and oxygen atoms in total. The maximum absolute atomic E-state index is 12.4. The molecule has 2 heterocycles. The molecule has 1 aromatic rings. The number of hydrogen-bond acceptors (Lipinski definition) is 6. The predicted molar refractivity (Wildman–Crippen MR) is 112 cm³/mol. The molecule has 0 radical (unpaired) electrons. The Hall–Kier alpha value is -2.48. The first-order valence-corrected chi connectivity index (χ1v) is 10.8. The first-order chi connectivity index (χ1) is 14.6. The third-order valence-corrected chi connectivity index (χ3v) is 5.92. The van der Waals surface area contributed by atoms with Crippen molar-refractivity contribution in [2.45, 2.75) is 50.7 Å². The van der Waals surface area contributed by atoms with E-state index in [0.717, 1.165) is 35.6 Å². The molecule has 1 aliphatic carbocycles. The van der Waals surface area contributed by atoms with Crippen molar-refractivity contribution < 1.29 is 23.8 Å². The largest absolute Gasteiger partial charge is 0.493 e. The Morgan fingerprint density at radius 2 is 2.03 bits per heavy atom. The Balaban J connectivity index is 1.37. The maximum Gasteiger partial charge on any atom is 0.317 e. The maximum atomic E-state index is 12.4. The number of rotatable bonds is 6. The number of oxime groups is 1. The minimum atomic E-state index is -0.580. The second kappa shape index (κ2) is 9.12. The molecule has 1 saturated carbocycles. The van der Waals surface area contributed by atoms with Crippen molar-refractivity contribution in [2.24, 2.45) is 5.16 Å². The molecule has 164 valence electrons. The van der Waals surface area contributed by atoms with Gasteiger partial charge in [-0.05, 0) is 50.8 Å². The summed E-state index contributed by atoms with van der Waals surface area (Å²) in [4.78, 5) is 19.9. The molecule has 1 N–H and O–H groups in total. The number of benzene rings is 1. The van der Waals surface area contributed by atoms with Gasteiger partial charge in [0.25, 0.3) is 0 Å².